The molecule has 1 heterocycles. The summed E-state index contributed by atoms with van der Waals surface area (Å²) in [7, 11) is 0. The van der Waals surface area contributed by atoms with E-state index in [9.17, 15) is 5.11 Å². The van der Waals surface area contributed by atoms with Gasteiger partial charge in [0.2, 0.25) is 0 Å². The van der Waals surface area contributed by atoms with Crippen LogP contribution in [0.2, 0.25) is 0 Å². The summed E-state index contributed by atoms with van der Waals surface area (Å²) in [6, 6.07) is 9.92. The number of pyridine rings is 1. The van der Waals surface area contributed by atoms with E-state index in [1.807, 2.05) is 31.2 Å². The van der Waals surface area contributed by atoms with E-state index in [4.69, 9.17) is 4.74 Å². The molecule has 1 N–H and O–H groups in total. The lowest BCUT2D eigenvalue weighted by Gasteiger charge is -2.17. The highest BCUT2D eigenvalue weighted by molar-refractivity contribution is 5.42. The molecular formula is C17H21NO2. The first-order chi connectivity index (χ1) is 9.65. The summed E-state index contributed by atoms with van der Waals surface area (Å²) in [4.78, 5) is 4.19. The second-order valence-corrected chi connectivity index (χ2v) is 5.04. The zero-order valence-corrected chi connectivity index (χ0v) is 12.3. The highest BCUT2D eigenvalue weighted by Crippen LogP contribution is 2.33. The molecule has 2 aromatic rings. The maximum Gasteiger partial charge on any atom is 0.136 e. The Morgan fingerprint density at radius 1 is 1.25 bits per heavy atom. The van der Waals surface area contributed by atoms with Crippen LogP contribution in [0, 0.1) is 6.92 Å². The number of aliphatic hydroxyl groups excluding tert-OH is 1. The second-order valence-electron chi connectivity index (χ2n) is 5.04. The quantitative estimate of drug-likeness (QED) is 0.886. The number of aliphatic hydroxyl groups is 1. The van der Waals surface area contributed by atoms with Crippen LogP contribution in [-0.2, 0) is 6.61 Å². The molecule has 1 aromatic heterocycles. The fourth-order valence-electron chi connectivity index (χ4n) is 2.10. The number of nitrogens with zero attached hydrogens (tertiary/aromatic N) is 1. The molecule has 106 valence electrons. The van der Waals surface area contributed by atoms with Crippen LogP contribution in [0.4, 0.5) is 0 Å². The first kappa shape index (κ1) is 14.5. The number of hydrogen-bond acceptors (Lipinski definition) is 3. The number of hydrogen-bond donors (Lipinski definition) is 1. The molecule has 1 aromatic carbocycles. The number of ether oxygens (including phenoxy) is 1. The molecule has 0 saturated carbocycles. The topological polar surface area (TPSA) is 42.4 Å². The average Bonchev–Trinajstić information content (AvgIpc) is 2.47. The number of aromatic nitrogens is 1. The highest BCUT2D eigenvalue weighted by Gasteiger charge is 2.12. The van der Waals surface area contributed by atoms with Crippen LogP contribution >= 0.6 is 0 Å². The van der Waals surface area contributed by atoms with Gasteiger partial charge in [-0.3, -0.25) is 4.98 Å². The van der Waals surface area contributed by atoms with Crippen molar-refractivity contribution in [3.8, 4) is 11.5 Å². The third kappa shape index (κ3) is 3.17. The molecule has 0 saturated heterocycles. The van der Waals surface area contributed by atoms with Crippen LogP contribution in [0.1, 0.15) is 43.0 Å². The van der Waals surface area contributed by atoms with Crippen molar-refractivity contribution in [1.82, 2.24) is 4.98 Å². The molecule has 0 spiro atoms. The molecular weight excluding hydrogens is 250 g/mol. The predicted octanol–water partition coefficient (Wildman–Crippen LogP) is 4.19. The minimum atomic E-state index is -0.0753. The molecule has 0 aliphatic rings. The Morgan fingerprint density at radius 2 is 2.00 bits per heavy atom. The lowest BCUT2D eigenvalue weighted by molar-refractivity contribution is 0.275. The van der Waals surface area contributed by atoms with Gasteiger partial charge in [-0.25, -0.2) is 0 Å². The standard InChI is InChI=1S/C17H21NO2/c1-4-12(2)15-7-5-6-8-16(15)20-17-9-13(3)18-10-14(17)11-19/h5-10,12,19H,4,11H2,1-3H3. The Morgan fingerprint density at radius 3 is 2.70 bits per heavy atom. The van der Waals surface area contributed by atoms with Crippen molar-refractivity contribution < 1.29 is 9.84 Å². The summed E-state index contributed by atoms with van der Waals surface area (Å²) in [5.41, 5.74) is 2.76. The van der Waals surface area contributed by atoms with Gasteiger partial charge in [-0.05, 0) is 30.9 Å². The van der Waals surface area contributed by atoms with Gasteiger partial charge < -0.3 is 9.84 Å². The van der Waals surface area contributed by atoms with Crippen LogP contribution in [-0.4, -0.2) is 10.1 Å². The van der Waals surface area contributed by atoms with Crippen LogP contribution in [0.5, 0.6) is 11.5 Å². The maximum atomic E-state index is 9.39. The molecule has 0 radical (unpaired) electrons. The molecule has 0 fully saturated rings. The first-order valence-corrected chi connectivity index (χ1v) is 6.98. The third-order valence-corrected chi connectivity index (χ3v) is 3.53. The van der Waals surface area contributed by atoms with Gasteiger partial charge in [0.05, 0.1) is 6.61 Å². The molecule has 3 nitrogen and oxygen atoms in total. The largest absolute Gasteiger partial charge is 0.457 e. The van der Waals surface area contributed by atoms with Crippen molar-refractivity contribution >= 4 is 0 Å². The van der Waals surface area contributed by atoms with Crippen LogP contribution in [0.15, 0.2) is 36.5 Å². The summed E-state index contributed by atoms with van der Waals surface area (Å²) in [6.07, 6.45) is 2.72. The van der Waals surface area contributed by atoms with Crippen molar-refractivity contribution in [2.45, 2.75) is 39.7 Å². The molecule has 20 heavy (non-hydrogen) atoms. The fraction of sp³-hybridized carbons (Fsp3) is 0.353. The van der Waals surface area contributed by atoms with Gasteiger partial charge in [-0.1, -0.05) is 32.0 Å². The molecule has 0 aliphatic carbocycles. The fourth-order valence-corrected chi connectivity index (χ4v) is 2.10. The van der Waals surface area contributed by atoms with Crippen molar-refractivity contribution in [1.29, 1.82) is 0 Å². The zero-order valence-electron chi connectivity index (χ0n) is 12.3. The molecule has 3 heteroatoms. The van der Waals surface area contributed by atoms with Gasteiger partial charge in [-0.15, -0.1) is 0 Å². The summed E-state index contributed by atoms with van der Waals surface area (Å²) in [6.45, 7) is 6.19. The maximum absolute atomic E-state index is 9.39. The summed E-state index contributed by atoms with van der Waals surface area (Å²) in [5.74, 6) is 1.96. The van der Waals surface area contributed by atoms with Gasteiger partial charge in [0, 0.05) is 23.5 Å². The van der Waals surface area contributed by atoms with E-state index in [-0.39, 0.29) is 6.61 Å². The molecule has 0 amide bonds. The van der Waals surface area contributed by atoms with Crippen molar-refractivity contribution in [2.75, 3.05) is 0 Å². The molecule has 2 rings (SSSR count). The van der Waals surface area contributed by atoms with E-state index >= 15 is 0 Å². The zero-order chi connectivity index (χ0) is 14.5. The number of rotatable bonds is 5. The van der Waals surface area contributed by atoms with Crippen LogP contribution in [0.25, 0.3) is 0 Å². The molecule has 0 bridgehead atoms. The smallest absolute Gasteiger partial charge is 0.136 e. The minimum absolute atomic E-state index is 0.0753. The number of aryl methyl sites for hydroxylation is 1. The third-order valence-electron chi connectivity index (χ3n) is 3.53. The SMILES string of the molecule is CCC(C)c1ccccc1Oc1cc(C)ncc1CO. The van der Waals surface area contributed by atoms with E-state index in [0.717, 1.165) is 17.9 Å². The van der Waals surface area contributed by atoms with E-state index in [0.29, 0.717) is 17.2 Å². The molecule has 1 atom stereocenters. The predicted molar refractivity (Wildman–Crippen MR) is 80.1 cm³/mol. The van der Waals surface area contributed by atoms with Crippen molar-refractivity contribution in [3.63, 3.8) is 0 Å². The highest BCUT2D eigenvalue weighted by atomic mass is 16.5. The number of benzene rings is 1. The second kappa shape index (κ2) is 6.53. The van der Waals surface area contributed by atoms with Gasteiger partial charge in [0.25, 0.3) is 0 Å². The lowest BCUT2D eigenvalue weighted by Crippen LogP contribution is -1.99. The monoisotopic (exact) mass is 271 g/mol. The van der Waals surface area contributed by atoms with Crippen LogP contribution in [0.3, 0.4) is 0 Å². The van der Waals surface area contributed by atoms with Gasteiger partial charge in [0.15, 0.2) is 0 Å². The average molecular weight is 271 g/mol. The van der Waals surface area contributed by atoms with Crippen molar-refractivity contribution in [2.24, 2.45) is 0 Å². The lowest BCUT2D eigenvalue weighted by atomic mass is 9.98. The Hall–Kier alpha value is -1.87. The minimum Gasteiger partial charge on any atom is -0.457 e. The van der Waals surface area contributed by atoms with Gasteiger partial charge in [-0.2, -0.15) is 0 Å². The van der Waals surface area contributed by atoms with Gasteiger partial charge in [0.1, 0.15) is 11.5 Å². The Balaban J connectivity index is 2.37. The van der Waals surface area contributed by atoms with E-state index in [2.05, 4.69) is 24.9 Å². The van der Waals surface area contributed by atoms with Gasteiger partial charge >= 0.3 is 0 Å². The Bertz CT molecular complexity index is 581. The summed E-state index contributed by atoms with van der Waals surface area (Å²) in [5, 5.41) is 9.39. The normalized spacial score (nSPS) is 12.2. The van der Waals surface area contributed by atoms with Crippen molar-refractivity contribution in [3.05, 3.63) is 53.3 Å². The first-order valence-electron chi connectivity index (χ1n) is 6.98. The van der Waals surface area contributed by atoms with E-state index in [1.165, 1.54) is 5.56 Å². The van der Waals surface area contributed by atoms with E-state index < -0.39 is 0 Å². The van der Waals surface area contributed by atoms with Crippen LogP contribution < -0.4 is 4.74 Å². The Labute approximate surface area is 120 Å². The molecule has 1 unspecified atom stereocenters. The summed E-state index contributed by atoms with van der Waals surface area (Å²) >= 11 is 0. The molecule has 0 aliphatic heterocycles. The Kier molecular flexibility index (Phi) is 4.74. The summed E-state index contributed by atoms with van der Waals surface area (Å²) < 4.78 is 6.04. The van der Waals surface area contributed by atoms with E-state index in [1.54, 1.807) is 6.20 Å². The number of para-hydroxylation sites is 1.